The molecule has 1 amide bonds. The Morgan fingerprint density at radius 3 is 2.59 bits per heavy atom. The Kier molecular flexibility index (Phi) is 4.69. The lowest BCUT2D eigenvalue weighted by Gasteiger charge is -2.20. The highest BCUT2D eigenvalue weighted by molar-refractivity contribution is 6.30. The van der Waals surface area contributed by atoms with Gasteiger partial charge in [-0.3, -0.25) is 4.79 Å². The predicted molar refractivity (Wildman–Crippen MR) is 106 cm³/mol. The van der Waals surface area contributed by atoms with Crippen molar-refractivity contribution in [3.05, 3.63) is 76.9 Å². The Labute approximate surface area is 162 Å². The first kappa shape index (κ1) is 17.4. The number of rotatable bonds is 2. The summed E-state index contributed by atoms with van der Waals surface area (Å²) >= 11 is 5.92. The molecule has 2 N–H and O–H groups in total. The number of anilines is 1. The van der Waals surface area contributed by atoms with Gasteiger partial charge in [0.05, 0.1) is 6.54 Å². The summed E-state index contributed by atoms with van der Waals surface area (Å²) in [6.45, 7) is 1.46. The van der Waals surface area contributed by atoms with E-state index in [2.05, 4.69) is 4.98 Å². The molecule has 0 bridgehead atoms. The fourth-order valence-corrected chi connectivity index (χ4v) is 3.22. The van der Waals surface area contributed by atoms with E-state index in [9.17, 15) is 4.79 Å². The zero-order chi connectivity index (χ0) is 18.8. The van der Waals surface area contributed by atoms with Crippen LogP contribution in [0.3, 0.4) is 0 Å². The maximum Gasteiger partial charge on any atom is 0.254 e. The lowest BCUT2D eigenvalue weighted by atomic mass is 10.0. The van der Waals surface area contributed by atoms with Crippen LogP contribution in [0, 0.1) is 0 Å². The average Bonchev–Trinajstić information content (AvgIpc) is 2.90. The molecule has 6 heteroatoms. The second kappa shape index (κ2) is 7.29. The molecular formula is C21H18ClN3O2. The first-order valence-electron chi connectivity index (χ1n) is 8.62. The number of hydrogen-bond donors (Lipinski definition) is 1. The summed E-state index contributed by atoms with van der Waals surface area (Å²) in [7, 11) is 0. The normalized spacial score (nSPS) is 13.4. The number of nitrogens with two attached hydrogens (primary N) is 1. The van der Waals surface area contributed by atoms with Crippen LogP contribution < -0.4 is 10.5 Å². The second-order valence-corrected chi connectivity index (χ2v) is 6.81. The Morgan fingerprint density at radius 1 is 1.07 bits per heavy atom. The smallest absolute Gasteiger partial charge is 0.254 e. The number of carbonyl (C=O) groups is 1. The number of fused-ring (bicyclic) bond motifs is 1. The van der Waals surface area contributed by atoms with Gasteiger partial charge in [0.1, 0.15) is 18.2 Å². The zero-order valence-corrected chi connectivity index (χ0v) is 15.3. The van der Waals surface area contributed by atoms with Crippen LogP contribution in [0.25, 0.3) is 11.1 Å². The SMILES string of the molecule is Nc1ccc(-c2ccc3c(c2)CN(C(=O)c2ccc(Cl)cc2)CCO3)cn1. The zero-order valence-electron chi connectivity index (χ0n) is 14.6. The van der Waals surface area contributed by atoms with Crippen molar-refractivity contribution >= 4 is 23.3 Å². The summed E-state index contributed by atoms with van der Waals surface area (Å²) in [6.07, 6.45) is 1.74. The first-order valence-corrected chi connectivity index (χ1v) is 9.00. The summed E-state index contributed by atoms with van der Waals surface area (Å²) in [4.78, 5) is 18.8. The van der Waals surface area contributed by atoms with E-state index in [1.165, 1.54) is 0 Å². The summed E-state index contributed by atoms with van der Waals surface area (Å²) < 4.78 is 5.84. The third-order valence-electron chi connectivity index (χ3n) is 4.54. The molecular weight excluding hydrogens is 362 g/mol. The van der Waals surface area contributed by atoms with Crippen LogP contribution in [0.1, 0.15) is 15.9 Å². The summed E-state index contributed by atoms with van der Waals surface area (Å²) in [6, 6.07) is 16.6. The third kappa shape index (κ3) is 3.73. The van der Waals surface area contributed by atoms with E-state index in [4.69, 9.17) is 22.1 Å². The van der Waals surface area contributed by atoms with Gasteiger partial charge in [-0.2, -0.15) is 0 Å². The van der Waals surface area contributed by atoms with Gasteiger partial charge in [0, 0.05) is 34.5 Å². The monoisotopic (exact) mass is 379 g/mol. The fourth-order valence-electron chi connectivity index (χ4n) is 3.10. The Hall–Kier alpha value is -3.05. The number of hydrogen-bond acceptors (Lipinski definition) is 4. The van der Waals surface area contributed by atoms with Crippen molar-refractivity contribution in [2.45, 2.75) is 6.54 Å². The summed E-state index contributed by atoms with van der Waals surface area (Å²) in [5, 5.41) is 0.609. The third-order valence-corrected chi connectivity index (χ3v) is 4.79. The van der Waals surface area contributed by atoms with E-state index in [1.807, 2.05) is 24.3 Å². The number of nitrogens with zero attached hydrogens (tertiary/aromatic N) is 2. The summed E-state index contributed by atoms with van der Waals surface area (Å²) in [5.41, 5.74) is 9.21. The number of ether oxygens (including phenoxy) is 1. The quantitative estimate of drug-likeness (QED) is 0.730. The van der Waals surface area contributed by atoms with Crippen LogP contribution in [0.2, 0.25) is 5.02 Å². The van der Waals surface area contributed by atoms with Crippen molar-refractivity contribution in [1.29, 1.82) is 0 Å². The molecule has 0 radical (unpaired) electrons. The first-order chi connectivity index (χ1) is 13.1. The number of benzene rings is 2. The largest absolute Gasteiger partial charge is 0.491 e. The van der Waals surface area contributed by atoms with E-state index in [1.54, 1.807) is 41.4 Å². The van der Waals surface area contributed by atoms with Gasteiger partial charge in [-0.15, -0.1) is 0 Å². The molecule has 1 aliphatic rings. The van der Waals surface area contributed by atoms with Gasteiger partial charge >= 0.3 is 0 Å². The highest BCUT2D eigenvalue weighted by atomic mass is 35.5. The van der Waals surface area contributed by atoms with E-state index in [0.29, 0.717) is 36.1 Å². The standard InChI is InChI=1S/C21H18ClN3O2/c22-18-5-1-14(2-6-18)21(26)25-9-10-27-19-7-3-15(11-17(19)13-25)16-4-8-20(23)24-12-16/h1-8,11-12H,9-10,13H2,(H2,23,24). The van der Waals surface area contributed by atoms with Gasteiger partial charge in [-0.25, -0.2) is 4.98 Å². The lowest BCUT2D eigenvalue weighted by molar-refractivity contribution is 0.0733. The molecule has 0 saturated heterocycles. The average molecular weight is 380 g/mol. The minimum atomic E-state index is -0.0392. The molecule has 2 heterocycles. The number of halogens is 1. The van der Waals surface area contributed by atoms with Crippen molar-refractivity contribution < 1.29 is 9.53 Å². The van der Waals surface area contributed by atoms with Crippen molar-refractivity contribution in [3.63, 3.8) is 0 Å². The number of pyridine rings is 1. The van der Waals surface area contributed by atoms with E-state index >= 15 is 0 Å². The van der Waals surface area contributed by atoms with E-state index in [-0.39, 0.29) is 5.91 Å². The van der Waals surface area contributed by atoms with Gasteiger partial charge < -0.3 is 15.4 Å². The lowest BCUT2D eigenvalue weighted by Crippen LogP contribution is -2.32. The Morgan fingerprint density at radius 2 is 1.85 bits per heavy atom. The second-order valence-electron chi connectivity index (χ2n) is 6.38. The van der Waals surface area contributed by atoms with Crippen molar-refractivity contribution in [1.82, 2.24) is 9.88 Å². The highest BCUT2D eigenvalue weighted by Gasteiger charge is 2.21. The highest BCUT2D eigenvalue weighted by Crippen LogP contribution is 2.29. The molecule has 136 valence electrons. The van der Waals surface area contributed by atoms with Gasteiger partial charge in [0.25, 0.3) is 5.91 Å². The Bertz CT molecular complexity index is 972. The Balaban J connectivity index is 1.62. The number of carbonyl (C=O) groups excluding carboxylic acids is 1. The minimum Gasteiger partial charge on any atom is -0.491 e. The van der Waals surface area contributed by atoms with Gasteiger partial charge in [0.15, 0.2) is 0 Å². The van der Waals surface area contributed by atoms with Crippen LogP contribution >= 0.6 is 11.6 Å². The van der Waals surface area contributed by atoms with Gasteiger partial charge in [-0.1, -0.05) is 17.7 Å². The van der Waals surface area contributed by atoms with Crippen LogP contribution in [0.15, 0.2) is 60.8 Å². The molecule has 0 atom stereocenters. The number of amides is 1. The van der Waals surface area contributed by atoms with Crippen LogP contribution in [-0.4, -0.2) is 28.9 Å². The van der Waals surface area contributed by atoms with Crippen LogP contribution in [-0.2, 0) is 6.54 Å². The van der Waals surface area contributed by atoms with Crippen molar-refractivity contribution in [2.75, 3.05) is 18.9 Å². The molecule has 0 fully saturated rings. The van der Waals surface area contributed by atoms with Crippen LogP contribution in [0.5, 0.6) is 5.75 Å². The molecule has 1 aliphatic heterocycles. The molecule has 2 aromatic carbocycles. The molecule has 0 aliphatic carbocycles. The van der Waals surface area contributed by atoms with Gasteiger partial charge in [0.2, 0.25) is 0 Å². The minimum absolute atomic E-state index is 0.0392. The van der Waals surface area contributed by atoms with Crippen molar-refractivity contribution in [2.24, 2.45) is 0 Å². The van der Waals surface area contributed by atoms with Crippen LogP contribution in [0.4, 0.5) is 5.82 Å². The predicted octanol–water partition coefficient (Wildman–Crippen LogP) is 4.02. The van der Waals surface area contributed by atoms with E-state index < -0.39 is 0 Å². The molecule has 27 heavy (non-hydrogen) atoms. The number of aromatic nitrogens is 1. The van der Waals surface area contributed by atoms with Gasteiger partial charge in [-0.05, 0) is 54.1 Å². The molecule has 1 aromatic heterocycles. The maximum atomic E-state index is 12.9. The summed E-state index contributed by atoms with van der Waals surface area (Å²) in [5.74, 6) is 1.24. The molecule has 0 saturated carbocycles. The molecule has 5 nitrogen and oxygen atoms in total. The molecule has 0 unspecified atom stereocenters. The maximum absolute atomic E-state index is 12.9. The molecule has 3 aromatic rings. The molecule has 0 spiro atoms. The van der Waals surface area contributed by atoms with Crippen molar-refractivity contribution in [3.8, 4) is 16.9 Å². The fraction of sp³-hybridized carbons (Fsp3) is 0.143. The number of nitrogen functional groups attached to an aromatic ring is 1. The topological polar surface area (TPSA) is 68.5 Å². The molecule has 4 rings (SSSR count). The van der Waals surface area contributed by atoms with E-state index in [0.717, 1.165) is 22.4 Å².